The van der Waals surface area contributed by atoms with Gasteiger partial charge in [0.1, 0.15) is 0 Å². The minimum atomic E-state index is 0.655. The highest BCUT2D eigenvalue weighted by Gasteiger charge is 1.94. The Balaban J connectivity index is 2.71. The van der Waals surface area contributed by atoms with Gasteiger partial charge in [-0.2, -0.15) is 0 Å². The van der Waals surface area contributed by atoms with Gasteiger partial charge < -0.3 is 5.41 Å². The van der Waals surface area contributed by atoms with Crippen molar-refractivity contribution in [3.05, 3.63) is 23.1 Å². The number of hydrogen-bond donors (Lipinski definition) is 2. The van der Waals surface area contributed by atoms with Gasteiger partial charge in [0.25, 0.3) is 0 Å². The first-order valence-electron chi connectivity index (χ1n) is 2.43. The number of hydrogen-bond acceptors (Lipinski definition) is 2. The second-order valence-electron chi connectivity index (χ2n) is 1.69. The van der Waals surface area contributed by atoms with Gasteiger partial charge in [-0.25, -0.2) is 0 Å². The quantitative estimate of drug-likeness (QED) is 0.461. The predicted molar refractivity (Wildman–Crippen MR) is 38.6 cm³/mol. The second-order valence-corrected chi connectivity index (χ2v) is 2.21. The Bertz CT molecular complexity index is 165. The van der Waals surface area contributed by atoms with Crippen molar-refractivity contribution in [3.63, 3.8) is 0 Å². The monoisotopic (exact) mass is 125 g/mol. The summed E-state index contributed by atoms with van der Waals surface area (Å²) in [5, 5.41) is 7.11. The summed E-state index contributed by atoms with van der Waals surface area (Å²) in [7, 11) is 0. The number of nitrogens with one attached hydrogen (secondary N) is 1. The van der Waals surface area contributed by atoms with Gasteiger partial charge in [-0.05, 0) is 12.2 Å². The van der Waals surface area contributed by atoms with Crippen LogP contribution in [-0.4, -0.2) is 5.71 Å². The summed E-state index contributed by atoms with van der Waals surface area (Å²) < 4.78 is 0. The molecule has 0 aromatic heterocycles. The summed E-state index contributed by atoms with van der Waals surface area (Å²) in [4.78, 5) is 0.959. The van der Waals surface area contributed by atoms with Crippen molar-refractivity contribution >= 4 is 18.3 Å². The lowest BCUT2D eigenvalue weighted by Gasteiger charge is -1.98. The van der Waals surface area contributed by atoms with E-state index in [0.29, 0.717) is 5.71 Å². The van der Waals surface area contributed by atoms with E-state index in [9.17, 15) is 0 Å². The van der Waals surface area contributed by atoms with E-state index in [1.807, 2.05) is 12.2 Å². The lowest BCUT2D eigenvalue weighted by Crippen LogP contribution is -1.91. The maximum Gasteiger partial charge on any atom is 0.0352 e. The summed E-state index contributed by atoms with van der Waals surface area (Å²) in [6.07, 6.45) is 6.25. The van der Waals surface area contributed by atoms with Crippen molar-refractivity contribution < 1.29 is 0 Å². The van der Waals surface area contributed by atoms with Crippen LogP contribution < -0.4 is 0 Å². The van der Waals surface area contributed by atoms with Crippen LogP contribution in [-0.2, 0) is 0 Å². The smallest absolute Gasteiger partial charge is 0.0352 e. The molecule has 42 valence electrons. The molecule has 0 bridgehead atoms. The fraction of sp³-hybridized carbons (Fsp3) is 0.167. The van der Waals surface area contributed by atoms with E-state index < -0.39 is 0 Å². The van der Waals surface area contributed by atoms with Crippen molar-refractivity contribution in [1.29, 1.82) is 5.41 Å². The summed E-state index contributed by atoms with van der Waals surface area (Å²) >= 11 is 4.08. The molecule has 0 saturated heterocycles. The van der Waals surface area contributed by atoms with Gasteiger partial charge in [0.15, 0.2) is 0 Å². The lowest BCUT2D eigenvalue weighted by atomic mass is 10.2. The molecule has 8 heavy (non-hydrogen) atoms. The maximum absolute atomic E-state index is 7.11. The zero-order chi connectivity index (χ0) is 5.98. The Morgan fingerprint density at radius 1 is 1.50 bits per heavy atom. The van der Waals surface area contributed by atoms with Gasteiger partial charge in [0.05, 0.1) is 0 Å². The topological polar surface area (TPSA) is 23.9 Å². The predicted octanol–water partition coefficient (Wildman–Crippen LogP) is 1.78. The first kappa shape index (κ1) is 5.63. The SMILES string of the molecule is N=C1C=CC(S)=CC1. The van der Waals surface area contributed by atoms with Crippen molar-refractivity contribution in [2.45, 2.75) is 6.42 Å². The Labute approximate surface area is 54.0 Å². The third-order valence-corrected chi connectivity index (χ3v) is 1.32. The van der Waals surface area contributed by atoms with Gasteiger partial charge in [-0.15, -0.1) is 12.6 Å². The van der Waals surface area contributed by atoms with E-state index in [0.717, 1.165) is 11.3 Å². The molecular weight excluding hydrogens is 118 g/mol. The van der Waals surface area contributed by atoms with Gasteiger partial charge in [0, 0.05) is 17.0 Å². The molecule has 1 N–H and O–H groups in total. The Hall–Kier alpha value is -0.500. The molecule has 1 aliphatic rings. The minimum Gasteiger partial charge on any atom is -0.305 e. The average molecular weight is 125 g/mol. The zero-order valence-corrected chi connectivity index (χ0v) is 5.28. The Kier molecular flexibility index (Phi) is 1.53. The highest BCUT2D eigenvalue weighted by Crippen LogP contribution is 2.09. The van der Waals surface area contributed by atoms with Crippen molar-refractivity contribution in [2.24, 2.45) is 0 Å². The van der Waals surface area contributed by atoms with Gasteiger partial charge >= 0.3 is 0 Å². The third kappa shape index (κ3) is 1.23. The fourth-order valence-corrected chi connectivity index (χ4v) is 0.702. The Morgan fingerprint density at radius 3 is 2.62 bits per heavy atom. The molecule has 0 radical (unpaired) electrons. The summed E-state index contributed by atoms with van der Waals surface area (Å²) in [6, 6.07) is 0. The molecule has 0 saturated carbocycles. The van der Waals surface area contributed by atoms with Crippen LogP contribution in [0.2, 0.25) is 0 Å². The summed E-state index contributed by atoms with van der Waals surface area (Å²) in [6.45, 7) is 0. The van der Waals surface area contributed by atoms with E-state index in [1.54, 1.807) is 6.08 Å². The van der Waals surface area contributed by atoms with Crippen LogP contribution in [0, 0.1) is 5.41 Å². The molecule has 0 aromatic carbocycles. The van der Waals surface area contributed by atoms with Crippen LogP contribution in [0.3, 0.4) is 0 Å². The molecule has 0 aromatic rings. The van der Waals surface area contributed by atoms with Crippen LogP contribution in [0.5, 0.6) is 0 Å². The van der Waals surface area contributed by atoms with Gasteiger partial charge in [-0.1, -0.05) is 6.08 Å². The summed E-state index contributed by atoms with van der Waals surface area (Å²) in [5.41, 5.74) is 0.655. The normalized spacial score (nSPS) is 18.6. The molecule has 0 unspecified atom stereocenters. The first-order chi connectivity index (χ1) is 3.79. The second kappa shape index (κ2) is 2.18. The number of allylic oxidation sites excluding steroid dienone is 3. The van der Waals surface area contributed by atoms with Crippen LogP contribution in [0.1, 0.15) is 6.42 Å². The Morgan fingerprint density at radius 2 is 2.25 bits per heavy atom. The fourth-order valence-electron chi connectivity index (χ4n) is 0.537. The summed E-state index contributed by atoms with van der Waals surface area (Å²) in [5.74, 6) is 0. The van der Waals surface area contributed by atoms with Crippen LogP contribution in [0.4, 0.5) is 0 Å². The zero-order valence-electron chi connectivity index (χ0n) is 4.39. The molecule has 0 amide bonds. The molecule has 0 fully saturated rings. The van der Waals surface area contributed by atoms with E-state index in [4.69, 9.17) is 5.41 Å². The van der Waals surface area contributed by atoms with Crippen LogP contribution in [0.25, 0.3) is 0 Å². The van der Waals surface area contributed by atoms with Gasteiger partial charge in [0.2, 0.25) is 0 Å². The lowest BCUT2D eigenvalue weighted by molar-refractivity contribution is 1.36. The van der Waals surface area contributed by atoms with E-state index in [1.165, 1.54) is 0 Å². The molecule has 0 heterocycles. The maximum atomic E-state index is 7.11. The van der Waals surface area contributed by atoms with E-state index in [2.05, 4.69) is 12.6 Å². The molecule has 0 spiro atoms. The highest BCUT2D eigenvalue weighted by atomic mass is 32.1. The molecule has 1 aliphatic carbocycles. The standard InChI is InChI=1S/C6H7NS/c7-5-1-3-6(8)4-2-5/h1,3-4,7-8H,2H2. The molecule has 1 rings (SSSR count). The number of rotatable bonds is 0. The molecule has 2 heteroatoms. The first-order valence-corrected chi connectivity index (χ1v) is 2.88. The van der Waals surface area contributed by atoms with E-state index >= 15 is 0 Å². The average Bonchev–Trinajstić information content (AvgIpc) is 1.77. The largest absolute Gasteiger partial charge is 0.305 e. The van der Waals surface area contributed by atoms with Gasteiger partial charge in [-0.3, -0.25) is 0 Å². The number of thiol groups is 1. The van der Waals surface area contributed by atoms with Crippen molar-refractivity contribution in [2.75, 3.05) is 0 Å². The van der Waals surface area contributed by atoms with E-state index in [-0.39, 0.29) is 0 Å². The van der Waals surface area contributed by atoms with Crippen molar-refractivity contribution in [1.82, 2.24) is 0 Å². The third-order valence-electron chi connectivity index (χ3n) is 0.986. The molecule has 0 aliphatic heterocycles. The molecule has 1 nitrogen and oxygen atoms in total. The van der Waals surface area contributed by atoms with Crippen molar-refractivity contribution in [3.8, 4) is 0 Å². The highest BCUT2D eigenvalue weighted by molar-refractivity contribution is 7.84. The molecule has 0 atom stereocenters. The molecular formula is C6H7NS. The minimum absolute atomic E-state index is 0.655. The van der Waals surface area contributed by atoms with Crippen LogP contribution in [0.15, 0.2) is 23.1 Å². The van der Waals surface area contributed by atoms with Crippen LogP contribution >= 0.6 is 12.6 Å².